The summed E-state index contributed by atoms with van der Waals surface area (Å²) in [7, 11) is 0. The molecule has 1 aliphatic heterocycles. The van der Waals surface area contributed by atoms with Crippen LogP contribution >= 0.6 is 0 Å². The van der Waals surface area contributed by atoms with Crippen LogP contribution in [0.1, 0.15) is 32.6 Å². The lowest BCUT2D eigenvalue weighted by molar-refractivity contribution is -0.0382. The van der Waals surface area contributed by atoms with Crippen molar-refractivity contribution in [1.29, 1.82) is 0 Å². The number of hydrogen-bond donors (Lipinski definition) is 1. The van der Waals surface area contributed by atoms with Crippen LogP contribution in [0.2, 0.25) is 0 Å². The number of nitrogens with one attached hydrogen (secondary N) is 1. The molecule has 0 aromatic rings. The second-order valence-electron chi connectivity index (χ2n) is 4.33. The molecule has 2 amide bonds. The number of hydrogen-bond acceptors (Lipinski definition) is 2. The van der Waals surface area contributed by atoms with Crippen LogP contribution in [0.4, 0.5) is 4.79 Å². The lowest BCUT2D eigenvalue weighted by Gasteiger charge is -2.37. The van der Waals surface area contributed by atoms with Gasteiger partial charge in [-0.3, -0.25) is 0 Å². The van der Waals surface area contributed by atoms with E-state index in [0.717, 1.165) is 32.4 Å². The molecule has 0 bridgehead atoms. The molecule has 0 aromatic heterocycles. The lowest BCUT2D eigenvalue weighted by Crippen LogP contribution is -2.54. The predicted molar refractivity (Wildman–Crippen MR) is 57.8 cm³/mol. The van der Waals surface area contributed by atoms with Crippen molar-refractivity contribution < 1.29 is 9.53 Å². The van der Waals surface area contributed by atoms with Crippen LogP contribution in [0.5, 0.6) is 0 Å². The van der Waals surface area contributed by atoms with Crippen molar-refractivity contribution in [2.24, 2.45) is 0 Å². The summed E-state index contributed by atoms with van der Waals surface area (Å²) in [5.74, 6) is 0. The second kappa shape index (κ2) is 4.84. The third kappa shape index (κ3) is 2.25. The first kappa shape index (κ1) is 10.7. The summed E-state index contributed by atoms with van der Waals surface area (Å²) in [5.41, 5.74) is 0. The van der Waals surface area contributed by atoms with Gasteiger partial charge in [-0.05, 0) is 25.7 Å². The standard InChI is InChI=1S/C11H20N2O2/c1-2-6-12-11(14)13-7-8-15-10-5-3-4-9(10)13/h9-10H,2-8H2,1H3,(H,12,14). The number of fused-ring (bicyclic) bond motifs is 1. The number of urea groups is 1. The molecule has 1 saturated carbocycles. The van der Waals surface area contributed by atoms with Gasteiger partial charge in [-0.1, -0.05) is 6.92 Å². The monoisotopic (exact) mass is 212 g/mol. The van der Waals surface area contributed by atoms with Crippen LogP contribution in [0.25, 0.3) is 0 Å². The molecular weight excluding hydrogens is 192 g/mol. The van der Waals surface area contributed by atoms with Gasteiger partial charge in [0.1, 0.15) is 0 Å². The van der Waals surface area contributed by atoms with E-state index in [1.54, 1.807) is 0 Å². The molecule has 1 aliphatic carbocycles. The number of carbonyl (C=O) groups is 1. The highest BCUT2D eigenvalue weighted by molar-refractivity contribution is 5.74. The Morgan fingerprint density at radius 3 is 3.20 bits per heavy atom. The SMILES string of the molecule is CCCNC(=O)N1CCOC2CCCC21. The topological polar surface area (TPSA) is 41.6 Å². The molecule has 2 rings (SSSR count). The van der Waals surface area contributed by atoms with Gasteiger partial charge in [-0.15, -0.1) is 0 Å². The second-order valence-corrected chi connectivity index (χ2v) is 4.33. The molecule has 15 heavy (non-hydrogen) atoms. The predicted octanol–water partition coefficient (Wildman–Crippen LogP) is 1.36. The van der Waals surface area contributed by atoms with Crippen molar-refractivity contribution in [3.05, 3.63) is 0 Å². The molecule has 0 radical (unpaired) electrons. The van der Waals surface area contributed by atoms with Crippen LogP contribution in [0.15, 0.2) is 0 Å². The van der Waals surface area contributed by atoms with E-state index in [9.17, 15) is 4.79 Å². The van der Waals surface area contributed by atoms with Crippen molar-refractivity contribution in [3.8, 4) is 0 Å². The number of carbonyl (C=O) groups excluding carboxylic acids is 1. The molecule has 2 atom stereocenters. The van der Waals surface area contributed by atoms with Gasteiger partial charge < -0.3 is 15.0 Å². The Morgan fingerprint density at radius 2 is 2.40 bits per heavy atom. The number of amides is 2. The van der Waals surface area contributed by atoms with Crippen molar-refractivity contribution >= 4 is 6.03 Å². The van der Waals surface area contributed by atoms with Crippen LogP contribution < -0.4 is 5.32 Å². The molecule has 1 heterocycles. The highest BCUT2D eigenvalue weighted by Crippen LogP contribution is 2.29. The fraction of sp³-hybridized carbons (Fsp3) is 0.909. The highest BCUT2D eigenvalue weighted by Gasteiger charge is 2.38. The minimum absolute atomic E-state index is 0.0945. The molecular formula is C11H20N2O2. The van der Waals surface area contributed by atoms with Crippen LogP contribution in [0.3, 0.4) is 0 Å². The van der Waals surface area contributed by atoms with E-state index >= 15 is 0 Å². The zero-order valence-corrected chi connectivity index (χ0v) is 9.37. The van der Waals surface area contributed by atoms with Crippen LogP contribution in [0, 0.1) is 0 Å². The highest BCUT2D eigenvalue weighted by atomic mass is 16.5. The molecule has 0 spiro atoms. The largest absolute Gasteiger partial charge is 0.374 e. The average molecular weight is 212 g/mol. The molecule has 4 heteroatoms. The summed E-state index contributed by atoms with van der Waals surface area (Å²) in [6, 6.07) is 0.424. The average Bonchev–Trinajstić information content (AvgIpc) is 2.73. The molecule has 1 saturated heterocycles. The Labute approximate surface area is 91.0 Å². The summed E-state index contributed by atoms with van der Waals surface area (Å²) >= 11 is 0. The van der Waals surface area contributed by atoms with E-state index in [1.165, 1.54) is 6.42 Å². The molecule has 2 unspecified atom stereocenters. The molecule has 0 aromatic carbocycles. The summed E-state index contributed by atoms with van der Waals surface area (Å²) in [6.45, 7) is 4.28. The summed E-state index contributed by atoms with van der Waals surface area (Å²) in [5, 5.41) is 2.95. The van der Waals surface area contributed by atoms with Crippen molar-refractivity contribution in [1.82, 2.24) is 10.2 Å². The van der Waals surface area contributed by atoms with E-state index in [0.29, 0.717) is 18.8 Å². The Hall–Kier alpha value is -0.770. The smallest absolute Gasteiger partial charge is 0.317 e. The third-order valence-corrected chi connectivity index (χ3v) is 3.27. The first-order valence-corrected chi connectivity index (χ1v) is 5.99. The van der Waals surface area contributed by atoms with Crippen LogP contribution in [-0.4, -0.2) is 42.8 Å². The number of nitrogens with zero attached hydrogens (tertiary/aromatic N) is 1. The molecule has 4 nitrogen and oxygen atoms in total. The minimum atomic E-state index is 0.0945. The van der Waals surface area contributed by atoms with E-state index < -0.39 is 0 Å². The van der Waals surface area contributed by atoms with E-state index in [4.69, 9.17) is 4.74 Å². The van der Waals surface area contributed by atoms with E-state index in [1.807, 2.05) is 4.90 Å². The Bertz CT molecular complexity index is 233. The summed E-state index contributed by atoms with van der Waals surface area (Å²) in [4.78, 5) is 13.8. The van der Waals surface area contributed by atoms with Gasteiger partial charge in [0.2, 0.25) is 0 Å². The van der Waals surface area contributed by atoms with Crippen LogP contribution in [-0.2, 0) is 4.74 Å². The molecule has 2 aliphatic rings. The quantitative estimate of drug-likeness (QED) is 0.751. The molecule has 1 N–H and O–H groups in total. The maximum Gasteiger partial charge on any atom is 0.317 e. The van der Waals surface area contributed by atoms with Gasteiger partial charge >= 0.3 is 6.03 Å². The van der Waals surface area contributed by atoms with Gasteiger partial charge in [-0.25, -0.2) is 4.79 Å². The van der Waals surface area contributed by atoms with Gasteiger partial charge in [0, 0.05) is 13.1 Å². The molecule has 86 valence electrons. The van der Waals surface area contributed by atoms with Crippen molar-refractivity contribution in [3.63, 3.8) is 0 Å². The lowest BCUT2D eigenvalue weighted by atomic mass is 10.1. The summed E-state index contributed by atoms with van der Waals surface area (Å²) < 4.78 is 5.67. The zero-order valence-electron chi connectivity index (χ0n) is 9.37. The zero-order chi connectivity index (χ0) is 10.7. The number of ether oxygens (including phenoxy) is 1. The Morgan fingerprint density at radius 1 is 1.53 bits per heavy atom. The van der Waals surface area contributed by atoms with E-state index in [-0.39, 0.29) is 6.03 Å². The molecule has 2 fully saturated rings. The number of rotatable bonds is 2. The maximum atomic E-state index is 11.9. The Kier molecular flexibility index (Phi) is 3.46. The maximum absolute atomic E-state index is 11.9. The van der Waals surface area contributed by atoms with E-state index in [2.05, 4.69) is 12.2 Å². The minimum Gasteiger partial charge on any atom is -0.374 e. The summed E-state index contributed by atoms with van der Waals surface area (Å²) in [6.07, 6.45) is 4.69. The van der Waals surface area contributed by atoms with Gasteiger partial charge in [0.25, 0.3) is 0 Å². The van der Waals surface area contributed by atoms with Gasteiger partial charge in [0.05, 0.1) is 18.8 Å². The van der Waals surface area contributed by atoms with Crippen molar-refractivity contribution in [2.45, 2.75) is 44.8 Å². The first-order chi connectivity index (χ1) is 7.33. The van der Waals surface area contributed by atoms with Gasteiger partial charge in [-0.2, -0.15) is 0 Å². The normalized spacial score (nSPS) is 30.1. The van der Waals surface area contributed by atoms with Crippen molar-refractivity contribution in [2.75, 3.05) is 19.7 Å². The Balaban J connectivity index is 1.92. The first-order valence-electron chi connectivity index (χ1n) is 5.99. The number of morpholine rings is 1. The fourth-order valence-corrected chi connectivity index (χ4v) is 2.51. The van der Waals surface area contributed by atoms with Gasteiger partial charge in [0.15, 0.2) is 0 Å². The third-order valence-electron chi connectivity index (χ3n) is 3.27. The fourth-order valence-electron chi connectivity index (χ4n) is 2.51.